The van der Waals surface area contributed by atoms with E-state index in [0.717, 1.165) is 24.3 Å². The van der Waals surface area contributed by atoms with Gasteiger partial charge in [-0.2, -0.15) is 0 Å². The summed E-state index contributed by atoms with van der Waals surface area (Å²) in [6, 6.07) is 32.6. The first-order valence-electron chi connectivity index (χ1n) is 14.7. The lowest BCUT2D eigenvalue weighted by Gasteiger charge is -2.46. The van der Waals surface area contributed by atoms with Gasteiger partial charge in [-0.1, -0.05) is 57.2 Å². The zero-order valence-corrected chi connectivity index (χ0v) is 25.2. The van der Waals surface area contributed by atoms with Crippen LogP contribution in [0.15, 0.2) is 109 Å². The molecule has 1 fully saturated rings. The van der Waals surface area contributed by atoms with E-state index < -0.39 is 12.2 Å². The van der Waals surface area contributed by atoms with Gasteiger partial charge in [-0.3, -0.25) is 0 Å². The Kier molecular flexibility index (Phi) is 9.38. The topological polar surface area (TPSA) is 95.1 Å². The summed E-state index contributed by atoms with van der Waals surface area (Å²) in [5.41, 5.74) is -0.315. The molecule has 0 radical (unpaired) electrons. The number of amides is 2. The Bertz CT molecular complexity index is 1520. The summed E-state index contributed by atoms with van der Waals surface area (Å²) in [5.74, 6) is 3.59. The third-order valence-corrected chi connectivity index (χ3v) is 7.45. The van der Waals surface area contributed by atoms with Gasteiger partial charge in [-0.05, 0) is 103 Å². The van der Waals surface area contributed by atoms with Crippen molar-refractivity contribution in [1.82, 2.24) is 10.6 Å². The zero-order chi connectivity index (χ0) is 31.0. The molecule has 0 heterocycles. The molecule has 1 saturated carbocycles. The summed E-state index contributed by atoms with van der Waals surface area (Å²) in [7, 11) is 0. The standard InChI is InChI=1S/C36H38N2O6/c1-35(2)22-26(38-34(40)44-32-20-16-30(17-21-32)42-28-12-8-5-9-13-28)23-36(3,24-35)25-37-33(39)43-31-18-14-29(15-19-31)41-27-10-6-4-7-11-27/h4-21,26H,22-25H2,1-3H3,(H,37,39)(H,38,40). The lowest BCUT2D eigenvalue weighted by Crippen LogP contribution is -2.51. The second kappa shape index (κ2) is 13.5. The molecule has 0 spiro atoms. The minimum atomic E-state index is -0.532. The molecule has 44 heavy (non-hydrogen) atoms. The van der Waals surface area contributed by atoms with Crippen LogP contribution in [-0.2, 0) is 0 Å². The van der Waals surface area contributed by atoms with Gasteiger partial charge < -0.3 is 29.6 Å². The van der Waals surface area contributed by atoms with Crippen molar-refractivity contribution in [3.63, 3.8) is 0 Å². The fourth-order valence-corrected chi connectivity index (χ4v) is 6.00. The van der Waals surface area contributed by atoms with Crippen LogP contribution in [0.25, 0.3) is 0 Å². The van der Waals surface area contributed by atoms with Crippen molar-refractivity contribution < 1.29 is 28.5 Å². The Morgan fingerprint density at radius 2 is 1.05 bits per heavy atom. The van der Waals surface area contributed by atoms with Gasteiger partial charge >= 0.3 is 12.2 Å². The van der Waals surface area contributed by atoms with Crippen LogP contribution in [0, 0.1) is 10.8 Å². The van der Waals surface area contributed by atoms with Crippen molar-refractivity contribution in [2.75, 3.05) is 6.54 Å². The van der Waals surface area contributed by atoms with E-state index >= 15 is 0 Å². The van der Waals surface area contributed by atoms with E-state index in [1.807, 2.05) is 60.7 Å². The number of hydrogen-bond acceptors (Lipinski definition) is 6. The van der Waals surface area contributed by atoms with Gasteiger partial charge in [-0.25, -0.2) is 9.59 Å². The van der Waals surface area contributed by atoms with E-state index in [0.29, 0.717) is 36.0 Å². The minimum Gasteiger partial charge on any atom is -0.457 e. The number of ether oxygens (including phenoxy) is 4. The molecule has 2 atom stereocenters. The van der Waals surface area contributed by atoms with E-state index in [1.54, 1.807) is 48.5 Å². The molecule has 0 aromatic heterocycles. The monoisotopic (exact) mass is 594 g/mol. The Morgan fingerprint density at radius 3 is 1.55 bits per heavy atom. The third-order valence-electron chi connectivity index (χ3n) is 7.45. The Balaban J connectivity index is 1.10. The van der Waals surface area contributed by atoms with Gasteiger partial charge in [-0.15, -0.1) is 0 Å². The predicted molar refractivity (Wildman–Crippen MR) is 169 cm³/mol. The van der Waals surface area contributed by atoms with Crippen LogP contribution >= 0.6 is 0 Å². The SMILES string of the molecule is CC1(C)CC(NC(=O)Oc2ccc(Oc3ccccc3)cc2)CC(C)(CNC(=O)Oc2ccc(Oc3ccccc3)cc2)C1. The summed E-state index contributed by atoms with van der Waals surface area (Å²) in [4.78, 5) is 25.5. The molecule has 4 aromatic rings. The molecule has 2 amide bonds. The maximum atomic E-state index is 12.8. The highest BCUT2D eigenvalue weighted by Crippen LogP contribution is 2.45. The molecular formula is C36H38N2O6. The second-order valence-corrected chi connectivity index (χ2v) is 12.3. The summed E-state index contributed by atoms with van der Waals surface area (Å²) < 4.78 is 22.7. The number of hydrogen-bond donors (Lipinski definition) is 2. The van der Waals surface area contributed by atoms with Crippen molar-refractivity contribution in [1.29, 1.82) is 0 Å². The third kappa shape index (κ3) is 9.01. The van der Waals surface area contributed by atoms with E-state index in [9.17, 15) is 9.59 Å². The average Bonchev–Trinajstić information content (AvgIpc) is 2.98. The van der Waals surface area contributed by atoms with E-state index in [-0.39, 0.29) is 16.9 Å². The number of rotatable bonds is 9. The average molecular weight is 595 g/mol. The fraction of sp³-hybridized carbons (Fsp3) is 0.278. The highest BCUT2D eigenvalue weighted by molar-refractivity contribution is 5.71. The molecule has 5 rings (SSSR count). The molecule has 1 aliphatic carbocycles. The number of nitrogens with one attached hydrogen (secondary N) is 2. The van der Waals surface area contributed by atoms with Gasteiger partial charge in [0.05, 0.1) is 0 Å². The first kappa shape index (κ1) is 30.5. The van der Waals surface area contributed by atoms with Crippen LogP contribution < -0.4 is 29.6 Å². The van der Waals surface area contributed by atoms with Crippen molar-refractivity contribution in [3.05, 3.63) is 109 Å². The van der Waals surface area contributed by atoms with E-state index in [1.165, 1.54) is 0 Å². The lowest BCUT2D eigenvalue weighted by atomic mass is 9.62. The summed E-state index contributed by atoms with van der Waals surface area (Å²) >= 11 is 0. The van der Waals surface area contributed by atoms with Crippen LogP contribution in [0.1, 0.15) is 40.0 Å². The molecular weight excluding hydrogens is 556 g/mol. The van der Waals surface area contributed by atoms with Gasteiger partial charge in [0.2, 0.25) is 0 Å². The molecule has 2 N–H and O–H groups in total. The zero-order valence-electron chi connectivity index (χ0n) is 25.2. The fourth-order valence-electron chi connectivity index (χ4n) is 6.00. The molecule has 0 bridgehead atoms. The van der Waals surface area contributed by atoms with Crippen LogP contribution in [0.5, 0.6) is 34.5 Å². The second-order valence-electron chi connectivity index (χ2n) is 12.3. The summed E-state index contributed by atoms with van der Waals surface area (Å²) in [5, 5.41) is 5.96. The highest BCUT2D eigenvalue weighted by Gasteiger charge is 2.42. The van der Waals surface area contributed by atoms with Crippen molar-refractivity contribution in [2.45, 2.75) is 46.1 Å². The lowest BCUT2D eigenvalue weighted by molar-refractivity contribution is 0.0701. The molecule has 228 valence electrons. The van der Waals surface area contributed by atoms with Crippen LogP contribution in [0.4, 0.5) is 9.59 Å². The summed E-state index contributed by atoms with van der Waals surface area (Å²) in [6.45, 7) is 6.87. The quantitative estimate of drug-likeness (QED) is 0.201. The maximum Gasteiger partial charge on any atom is 0.412 e. The predicted octanol–water partition coefficient (Wildman–Crippen LogP) is 8.73. The van der Waals surface area contributed by atoms with Crippen molar-refractivity contribution in [3.8, 4) is 34.5 Å². The van der Waals surface area contributed by atoms with Crippen LogP contribution in [0.3, 0.4) is 0 Å². The number of para-hydroxylation sites is 2. The molecule has 8 heteroatoms. The number of benzene rings is 4. The molecule has 0 saturated heterocycles. The Hall–Kier alpha value is -4.98. The van der Waals surface area contributed by atoms with Gasteiger partial charge in [0, 0.05) is 12.6 Å². The highest BCUT2D eigenvalue weighted by atomic mass is 16.6. The normalized spacial score (nSPS) is 18.8. The number of carbonyl (C=O) groups excluding carboxylic acids is 2. The van der Waals surface area contributed by atoms with Crippen LogP contribution in [0.2, 0.25) is 0 Å². The molecule has 0 aliphatic heterocycles. The van der Waals surface area contributed by atoms with Gasteiger partial charge in [0.25, 0.3) is 0 Å². The van der Waals surface area contributed by atoms with Crippen molar-refractivity contribution >= 4 is 12.2 Å². The number of carbonyl (C=O) groups is 2. The molecule has 1 aliphatic rings. The van der Waals surface area contributed by atoms with Gasteiger partial charge in [0.15, 0.2) is 0 Å². The van der Waals surface area contributed by atoms with Crippen molar-refractivity contribution in [2.24, 2.45) is 10.8 Å². The van der Waals surface area contributed by atoms with E-state index in [4.69, 9.17) is 18.9 Å². The summed E-state index contributed by atoms with van der Waals surface area (Å²) in [6.07, 6.45) is 1.31. The molecule has 8 nitrogen and oxygen atoms in total. The first-order valence-corrected chi connectivity index (χ1v) is 14.7. The smallest absolute Gasteiger partial charge is 0.412 e. The largest absolute Gasteiger partial charge is 0.457 e. The van der Waals surface area contributed by atoms with Gasteiger partial charge in [0.1, 0.15) is 34.5 Å². The molecule has 4 aromatic carbocycles. The van der Waals surface area contributed by atoms with E-state index in [2.05, 4.69) is 31.4 Å². The maximum absolute atomic E-state index is 12.8. The molecule has 2 unspecified atom stereocenters. The Morgan fingerprint density at radius 1 is 0.614 bits per heavy atom. The minimum absolute atomic E-state index is 0.0540. The Labute approximate surface area is 258 Å². The first-order chi connectivity index (χ1) is 21.1. The van der Waals surface area contributed by atoms with Crippen LogP contribution in [-0.4, -0.2) is 24.8 Å².